The molecule has 0 fully saturated rings. The minimum atomic E-state index is -0.377. The Labute approximate surface area is 176 Å². The minimum absolute atomic E-state index is 0.377. The first-order valence-corrected chi connectivity index (χ1v) is 10.8. The van der Waals surface area contributed by atoms with Crippen LogP contribution in [0.1, 0.15) is 30.1 Å². The van der Waals surface area contributed by atoms with E-state index in [1.54, 1.807) is 23.9 Å². The first kappa shape index (κ1) is 22.0. The van der Waals surface area contributed by atoms with Crippen LogP contribution in [0, 0.1) is 0 Å². The Kier molecular flexibility index (Phi) is 8.60. The van der Waals surface area contributed by atoms with Gasteiger partial charge in [0.15, 0.2) is 5.11 Å². The zero-order valence-corrected chi connectivity index (χ0v) is 18.4. The van der Waals surface area contributed by atoms with Crippen LogP contribution in [-0.4, -0.2) is 38.0 Å². The lowest BCUT2D eigenvalue weighted by atomic mass is 10.1. The molecule has 0 radical (unpaired) electrons. The smallest absolute Gasteiger partial charge is 0.337 e. The highest BCUT2D eigenvalue weighted by Gasteiger charge is 2.14. The Balaban J connectivity index is 2.24. The molecule has 2 aromatic rings. The molecule has 0 heterocycles. The number of nitrogens with zero attached hydrogens (tertiary/aromatic N) is 1. The van der Waals surface area contributed by atoms with Gasteiger partial charge in [-0.1, -0.05) is 19.4 Å². The van der Waals surface area contributed by atoms with Gasteiger partial charge >= 0.3 is 5.97 Å². The van der Waals surface area contributed by atoms with E-state index in [4.69, 9.17) is 17.0 Å². The van der Waals surface area contributed by atoms with Crippen LogP contribution in [0.15, 0.2) is 47.4 Å². The van der Waals surface area contributed by atoms with Crippen LogP contribution in [0.3, 0.4) is 0 Å². The predicted octanol–water partition coefficient (Wildman–Crippen LogP) is 5.24. The van der Waals surface area contributed by atoms with Crippen molar-refractivity contribution >= 4 is 52.1 Å². The van der Waals surface area contributed by atoms with E-state index < -0.39 is 0 Å². The zero-order valence-electron chi connectivity index (χ0n) is 16.7. The summed E-state index contributed by atoms with van der Waals surface area (Å²) in [6, 6.07) is 13.5. The molecule has 0 saturated heterocycles. The van der Waals surface area contributed by atoms with Gasteiger partial charge in [0.25, 0.3) is 0 Å². The van der Waals surface area contributed by atoms with Gasteiger partial charge in [-0.2, -0.15) is 0 Å². The standard InChI is InChI=1S/C21H27N3O2S2/c1-5-6-12-24(2)19-11-10-15(20(25)26-3)13-18(19)23-21(27)22-16-8-7-9-17(14-16)28-4/h7-11,13-14H,5-6,12H2,1-4H3,(H2,22,23,27). The number of methoxy groups -OCH3 is 1. The van der Waals surface area contributed by atoms with Crippen molar-refractivity contribution in [2.45, 2.75) is 24.7 Å². The zero-order chi connectivity index (χ0) is 20.5. The molecule has 2 rings (SSSR count). The van der Waals surface area contributed by atoms with Crippen molar-refractivity contribution in [2.24, 2.45) is 0 Å². The molecule has 0 aliphatic carbocycles. The number of ether oxygens (including phenoxy) is 1. The second-order valence-electron chi connectivity index (χ2n) is 6.31. The van der Waals surface area contributed by atoms with E-state index >= 15 is 0 Å². The summed E-state index contributed by atoms with van der Waals surface area (Å²) in [6.07, 6.45) is 4.23. The summed E-state index contributed by atoms with van der Waals surface area (Å²) < 4.78 is 4.85. The Morgan fingerprint density at radius 1 is 1.21 bits per heavy atom. The molecule has 0 bridgehead atoms. The molecule has 0 spiro atoms. The second-order valence-corrected chi connectivity index (χ2v) is 7.60. The third kappa shape index (κ3) is 6.14. The summed E-state index contributed by atoms with van der Waals surface area (Å²) in [7, 11) is 3.41. The van der Waals surface area contributed by atoms with Crippen LogP contribution < -0.4 is 15.5 Å². The normalized spacial score (nSPS) is 10.3. The number of thiocarbonyl (C=S) groups is 1. The highest BCUT2D eigenvalue weighted by molar-refractivity contribution is 7.98. The third-order valence-corrected chi connectivity index (χ3v) is 5.18. The maximum atomic E-state index is 12.0. The summed E-state index contributed by atoms with van der Waals surface area (Å²) in [6.45, 7) is 3.08. The fraction of sp³-hybridized carbons (Fsp3) is 0.333. The van der Waals surface area contributed by atoms with Crippen molar-refractivity contribution in [3.05, 3.63) is 48.0 Å². The van der Waals surface area contributed by atoms with Gasteiger partial charge in [0, 0.05) is 24.2 Å². The van der Waals surface area contributed by atoms with E-state index in [0.29, 0.717) is 10.7 Å². The number of nitrogens with one attached hydrogen (secondary N) is 2. The lowest BCUT2D eigenvalue weighted by Gasteiger charge is -2.24. The number of carbonyl (C=O) groups is 1. The van der Waals surface area contributed by atoms with Crippen molar-refractivity contribution in [2.75, 3.05) is 42.5 Å². The maximum Gasteiger partial charge on any atom is 0.337 e. The minimum Gasteiger partial charge on any atom is -0.465 e. The lowest BCUT2D eigenvalue weighted by Crippen LogP contribution is -2.24. The molecule has 0 saturated carbocycles. The second kappa shape index (κ2) is 10.9. The largest absolute Gasteiger partial charge is 0.465 e. The van der Waals surface area contributed by atoms with Crippen LogP contribution in [0.5, 0.6) is 0 Å². The third-order valence-electron chi connectivity index (χ3n) is 4.25. The van der Waals surface area contributed by atoms with E-state index in [9.17, 15) is 4.79 Å². The Bertz CT molecular complexity index is 827. The number of carbonyl (C=O) groups excluding carboxylic acids is 1. The molecular weight excluding hydrogens is 390 g/mol. The summed E-state index contributed by atoms with van der Waals surface area (Å²) >= 11 is 7.18. The summed E-state index contributed by atoms with van der Waals surface area (Å²) in [5, 5.41) is 6.91. The Morgan fingerprint density at radius 3 is 2.68 bits per heavy atom. The Hall–Kier alpha value is -2.25. The quantitative estimate of drug-likeness (QED) is 0.346. The number of unbranched alkanes of at least 4 members (excludes halogenated alkanes) is 1. The molecular formula is C21H27N3O2S2. The maximum absolute atomic E-state index is 12.0. The molecule has 150 valence electrons. The fourth-order valence-corrected chi connectivity index (χ4v) is 3.40. The molecule has 5 nitrogen and oxygen atoms in total. The van der Waals surface area contributed by atoms with E-state index in [0.717, 1.165) is 41.3 Å². The van der Waals surface area contributed by atoms with Crippen LogP contribution >= 0.6 is 24.0 Å². The number of anilines is 3. The highest BCUT2D eigenvalue weighted by Crippen LogP contribution is 2.28. The first-order chi connectivity index (χ1) is 13.5. The molecule has 0 amide bonds. The van der Waals surface area contributed by atoms with E-state index in [2.05, 4.69) is 22.5 Å². The van der Waals surface area contributed by atoms with Gasteiger partial charge in [-0.15, -0.1) is 11.8 Å². The molecule has 28 heavy (non-hydrogen) atoms. The van der Waals surface area contributed by atoms with Gasteiger partial charge in [0.05, 0.1) is 24.0 Å². The van der Waals surface area contributed by atoms with Crippen LogP contribution in [0.25, 0.3) is 0 Å². The topological polar surface area (TPSA) is 53.6 Å². The summed E-state index contributed by atoms with van der Waals surface area (Å²) in [5.74, 6) is -0.377. The van der Waals surface area contributed by atoms with Gasteiger partial charge < -0.3 is 20.3 Å². The fourth-order valence-electron chi connectivity index (χ4n) is 2.72. The number of thioether (sulfide) groups is 1. The molecule has 0 atom stereocenters. The number of rotatable bonds is 8. The SMILES string of the molecule is CCCCN(C)c1ccc(C(=O)OC)cc1NC(=S)Nc1cccc(SC)c1. The number of hydrogen-bond acceptors (Lipinski definition) is 5. The summed E-state index contributed by atoms with van der Waals surface area (Å²) in [4.78, 5) is 15.3. The lowest BCUT2D eigenvalue weighted by molar-refractivity contribution is 0.0601. The van der Waals surface area contributed by atoms with Crippen molar-refractivity contribution in [3.63, 3.8) is 0 Å². The summed E-state index contributed by atoms with van der Waals surface area (Å²) in [5.41, 5.74) is 3.13. The monoisotopic (exact) mass is 417 g/mol. The van der Waals surface area contributed by atoms with Crippen molar-refractivity contribution < 1.29 is 9.53 Å². The molecule has 0 aromatic heterocycles. The predicted molar refractivity (Wildman–Crippen MR) is 124 cm³/mol. The average Bonchev–Trinajstić information content (AvgIpc) is 2.71. The van der Waals surface area contributed by atoms with Gasteiger partial charge in [0.2, 0.25) is 0 Å². The molecule has 0 aliphatic heterocycles. The molecule has 2 aromatic carbocycles. The van der Waals surface area contributed by atoms with Crippen LogP contribution in [-0.2, 0) is 4.74 Å². The van der Waals surface area contributed by atoms with Crippen molar-refractivity contribution in [1.29, 1.82) is 0 Å². The Morgan fingerprint density at radius 2 is 2.00 bits per heavy atom. The van der Waals surface area contributed by atoms with Gasteiger partial charge in [0.1, 0.15) is 0 Å². The molecule has 0 aliphatic rings. The van der Waals surface area contributed by atoms with E-state index in [1.165, 1.54) is 7.11 Å². The molecule has 2 N–H and O–H groups in total. The van der Waals surface area contributed by atoms with Crippen molar-refractivity contribution in [3.8, 4) is 0 Å². The van der Waals surface area contributed by atoms with Gasteiger partial charge in [-0.05, 0) is 61.3 Å². The number of benzene rings is 2. The van der Waals surface area contributed by atoms with E-state index in [1.807, 2.05) is 43.6 Å². The van der Waals surface area contributed by atoms with Crippen LogP contribution in [0.4, 0.5) is 17.1 Å². The average molecular weight is 418 g/mol. The van der Waals surface area contributed by atoms with Crippen LogP contribution in [0.2, 0.25) is 0 Å². The first-order valence-electron chi connectivity index (χ1n) is 9.14. The molecule has 7 heteroatoms. The van der Waals surface area contributed by atoms with Gasteiger partial charge in [-0.3, -0.25) is 0 Å². The number of hydrogen-bond donors (Lipinski definition) is 2. The van der Waals surface area contributed by atoms with Crippen molar-refractivity contribution in [1.82, 2.24) is 0 Å². The number of esters is 1. The molecule has 0 unspecified atom stereocenters. The van der Waals surface area contributed by atoms with E-state index in [-0.39, 0.29) is 5.97 Å². The van der Waals surface area contributed by atoms with Gasteiger partial charge in [-0.25, -0.2) is 4.79 Å². The highest BCUT2D eigenvalue weighted by atomic mass is 32.2.